The Balaban J connectivity index is 1.36. The molecule has 0 aliphatic carbocycles. The first-order chi connectivity index (χ1) is 15.5. The number of nitrogens with one attached hydrogen (secondary N) is 1. The monoisotopic (exact) mass is 437 g/mol. The van der Waals surface area contributed by atoms with Crippen LogP contribution in [-0.4, -0.2) is 58.3 Å². The van der Waals surface area contributed by atoms with Gasteiger partial charge < -0.3 is 19.7 Å². The Morgan fingerprint density at radius 3 is 2.59 bits per heavy atom. The van der Waals surface area contributed by atoms with Gasteiger partial charge in [-0.2, -0.15) is 5.10 Å². The van der Waals surface area contributed by atoms with Crippen LogP contribution in [-0.2, 0) is 16.1 Å². The molecular formula is C23H27N5O4. The fourth-order valence-corrected chi connectivity index (χ4v) is 2.75. The van der Waals surface area contributed by atoms with E-state index in [1.54, 1.807) is 42.7 Å². The molecule has 1 N–H and O–H groups in total. The van der Waals surface area contributed by atoms with Gasteiger partial charge in [-0.05, 0) is 31.2 Å². The summed E-state index contributed by atoms with van der Waals surface area (Å²) in [5, 5.41) is 6.88. The summed E-state index contributed by atoms with van der Waals surface area (Å²) >= 11 is 0. The van der Waals surface area contributed by atoms with Crippen molar-refractivity contribution in [2.75, 3.05) is 32.1 Å². The molecule has 0 aliphatic heterocycles. The molecule has 2 amide bonds. The van der Waals surface area contributed by atoms with Crippen molar-refractivity contribution in [2.24, 2.45) is 0 Å². The molecule has 0 atom stereocenters. The number of pyridine rings is 1. The fourth-order valence-electron chi connectivity index (χ4n) is 2.75. The van der Waals surface area contributed by atoms with Gasteiger partial charge in [0.05, 0.1) is 37.7 Å². The van der Waals surface area contributed by atoms with Crippen molar-refractivity contribution in [2.45, 2.75) is 19.9 Å². The third kappa shape index (κ3) is 7.42. The minimum Gasteiger partial charge on any atom is -0.492 e. The highest BCUT2D eigenvalue weighted by molar-refractivity contribution is 5.90. The van der Waals surface area contributed by atoms with Gasteiger partial charge in [0.25, 0.3) is 0 Å². The highest BCUT2D eigenvalue weighted by Gasteiger charge is 2.12. The summed E-state index contributed by atoms with van der Waals surface area (Å²) in [6, 6.07) is 11.3. The van der Waals surface area contributed by atoms with Crippen LogP contribution in [0.5, 0.6) is 11.5 Å². The van der Waals surface area contributed by atoms with Crippen LogP contribution in [0.1, 0.15) is 12.0 Å². The van der Waals surface area contributed by atoms with Gasteiger partial charge in [0.1, 0.15) is 24.7 Å². The maximum atomic E-state index is 12.4. The summed E-state index contributed by atoms with van der Waals surface area (Å²) in [5.41, 5.74) is 1.69. The standard InChI is InChI=1S/C23H27N5O4/c1-18-5-7-20(8-6-18)32-13-11-27(2)23(30)17-28-16-19(14-25-28)26-22(29)9-12-31-21-4-3-10-24-15-21/h3-8,10,14-16H,9,11-13,17H2,1-2H3,(H,26,29). The number of anilines is 1. The first-order valence-electron chi connectivity index (χ1n) is 10.3. The molecule has 0 bridgehead atoms. The van der Waals surface area contributed by atoms with E-state index in [-0.39, 0.29) is 31.4 Å². The lowest BCUT2D eigenvalue weighted by molar-refractivity contribution is -0.131. The Bertz CT molecular complexity index is 1000. The van der Waals surface area contributed by atoms with E-state index in [4.69, 9.17) is 9.47 Å². The maximum Gasteiger partial charge on any atom is 0.244 e. The second-order valence-corrected chi connectivity index (χ2v) is 7.24. The predicted octanol–water partition coefficient (Wildman–Crippen LogP) is 2.53. The number of aryl methyl sites for hydroxylation is 1. The molecular weight excluding hydrogens is 410 g/mol. The van der Waals surface area contributed by atoms with Gasteiger partial charge in [-0.3, -0.25) is 19.3 Å². The summed E-state index contributed by atoms with van der Waals surface area (Å²) in [6.07, 6.45) is 6.55. The predicted molar refractivity (Wildman–Crippen MR) is 120 cm³/mol. The van der Waals surface area contributed by atoms with Crippen LogP contribution >= 0.6 is 0 Å². The molecule has 2 heterocycles. The lowest BCUT2D eigenvalue weighted by atomic mass is 10.2. The molecule has 32 heavy (non-hydrogen) atoms. The average Bonchev–Trinajstić information content (AvgIpc) is 3.22. The molecule has 0 radical (unpaired) electrons. The van der Waals surface area contributed by atoms with Gasteiger partial charge in [0.15, 0.2) is 0 Å². The maximum absolute atomic E-state index is 12.4. The molecule has 3 aromatic rings. The number of aromatic nitrogens is 3. The molecule has 3 rings (SSSR count). The molecule has 2 aromatic heterocycles. The van der Waals surface area contributed by atoms with Crippen molar-refractivity contribution in [3.05, 3.63) is 66.7 Å². The van der Waals surface area contributed by atoms with Crippen LogP contribution in [0.4, 0.5) is 5.69 Å². The number of carbonyl (C=O) groups excluding carboxylic acids is 2. The number of amides is 2. The summed E-state index contributed by atoms with van der Waals surface area (Å²) < 4.78 is 12.6. The number of likely N-dealkylation sites (N-methyl/N-ethyl adjacent to an activating group) is 1. The third-order valence-corrected chi connectivity index (χ3v) is 4.59. The Kier molecular flexibility index (Phi) is 8.19. The quantitative estimate of drug-likeness (QED) is 0.495. The minimum absolute atomic E-state index is 0.0705. The Labute approximate surface area is 187 Å². The van der Waals surface area contributed by atoms with E-state index in [2.05, 4.69) is 15.4 Å². The van der Waals surface area contributed by atoms with E-state index in [9.17, 15) is 9.59 Å². The van der Waals surface area contributed by atoms with Crippen LogP contribution in [0.3, 0.4) is 0 Å². The number of benzene rings is 1. The van der Waals surface area contributed by atoms with E-state index in [0.29, 0.717) is 24.6 Å². The van der Waals surface area contributed by atoms with E-state index in [0.717, 1.165) is 11.3 Å². The fraction of sp³-hybridized carbons (Fsp3) is 0.304. The van der Waals surface area contributed by atoms with Gasteiger partial charge >= 0.3 is 0 Å². The lowest BCUT2D eigenvalue weighted by Gasteiger charge is -2.17. The Morgan fingerprint density at radius 2 is 1.84 bits per heavy atom. The molecule has 0 spiro atoms. The van der Waals surface area contributed by atoms with Gasteiger partial charge in [-0.1, -0.05) is 17.7 Å². The van der Waals surface area contributed by atoms with Crippen LogP contribution in [0.25, 0.3) is 0 Å². The molecule has 0 saturated carbocycles. The second kappa shape index (κ2) is 11.5. The summed E-state index contributed by atoms with van der Waals surface area (Å²) in [5.74, 6) is 1.07. The lowest BCUT2D eigenvalue weighted by Crippen LogP contribution is -2.33. The zero-order valence-electron chi connectivity index (χ0n) is 18.2. The normalized spacial score (nSPS) is 10.4. The second-order valence-electron chi connectivity index (χ2n) is 7.24. The largest absolute Gasteiger partial charge is 0.492 e. The number of ether oxygens (including phenoxy) is 2. The van der Waals surface area contributed by atoms with Gasteiger partial charge in [0, 0.05) is 19.4 Å². The first kappa shape index (κ1) is 22.8. The van der Waals surface area contributed by atoms with E-state index >= 15 is 0 Å². The molecule has 9 heteroatoms. The molecule has 168 valence electrons. The summed E-state index contributed by atoms with van der Waals surface area (Å²) in [6.45, 7) is 3.17. The first-order valence-corrected chi connectivity index (χ1v) is 10.3. The Hall–Kier alpha value is -3.88. The summed E-state index contributed by atoms with van der Waals surface area (Å²) in [7, 11) is 1.72. The minimum atomic E-state index is -0.204. The van der Waals surface area contributed by atoms with Gasteiger partial charge in [0.2, 0.25) is 11.8 Å². The molecule has 1 aromatic carbocycles. The van der Waals surface area contributed by atoms with E-state index in [1.165, 1.54) is 10.9 Å². The van der Waals surface area contributed by atoms with Gasteiger partial charge in [-0.25, -0.2) is 0 Å². The SMILES string of the molecule is Cc1ccc(OCCN(C)C(=O)Cn2cc(NC(=O)CCOc3cccnc3)cn2)cc1. The van der Waals surface area contributed by atoms with Crippen molar-refractivity contribution in [1.29, 1.82) is 0 Å². The number of rotatable bonds is 11. The number of carbonyl (C=O) groups is 2. The Morgan fingerprint density at radius 1 is 1.06 bits per heavy atom. The van der Waals surface area contributed by atoms with Crippen LogP contribution in [0, 0.1) is 6.92 Å². The molecule has 0 unspecified atom stereocenters. The smallest absolute Gasteiger partial charge is 0.244 e. The van der Waals surface area contributed by atoms with Crippen LogP contribution in [0.2, 0.25) is 0 Å². The topological polar surface area (TPSA) is 98.6 Å². The zero-order chi connectivity index (χ0) is 22.8. The van der Waals surface area contributed by atoms with Crippen molar-refractivity contribution in [3.8, 4) is 11.5 Å². The number of nitrogens with zero attached hydrogens (tertiary/aromatic N) is 4. The highest BCUT2D eigenvalue weighted by atomic mass is 16.5. The van der Waals surface area contributed by atoms with Crippen molar-refractivity contribution >= 4 is 17.5 Å². The van der Waals surface area contributed by atoms with Gasteiger partial charge in [-0.15, -0.1) is 0 Å². The third-order valence-electron chi connectivity index (χ3n) is 4.59. The van der Waals surface area contributed by atoms with Crippen molar-refractivity contribution < 1.29 is 19.1 Å². The number of hydrogen-bond donors (Lipinski definition) is 1. The average molecular weight is 438 g/mol. The molecule has 0 fully saturated rings. The molecule has 0 aliphatic rings. The van der Waals surface area contributed by atoms with Crippen LogP contribution in [0.15, 0.2) is 61.2 Å². The molecule has 0 saturated heterocycles. The van der Waals surface area contributed by atoms with Crippen molar-refractivity contribution in [1.82, 2.24) is 19.7 Å². The highest BCUT2D eigenvalue weighted by Crippen LogP contribution is 2.11. The van der Waals surface area contributed by atoms with E-state index in [1.807, 2.05) is 31.2 Å². The van der Waals surface area contributed by atoms with Crippen molar-refractivity contribution in [3.63, 3.8) is 0 Å². The molecule has 9 nitrogen and oxygen atoms in total. The number of hydrogen-bond acceptors (Lipinski definition) is 6. The van der Waals surface area contributed by atoms with E-state index < -0.39 is 0 Å². The summed E-state index contributed by atoms with van der Waals surface area (Å²) in [4.78, 5) is 30.0. The van der Waals surface area contributed by atoms with Crippen LogP contribution < -0.4 is 14.8 Å². The zero-order valence-corrected chi connectivity index (χ0v) is 18.2.